The van der Waals surface area contributed by atoms with Gasteiger partial charge in [-0.3, -0.25) is 0 Å². The predicted octanol–water partition coefficient (Wildman–Crippen LogP) is 5.53. The van der Waals surface area contributed by atoms with Crippen LogP contribution in [0.25, 0.3) is 0 Å². The van der Waals surface area contributed by atoms with Crippen molar-refractivity contribution in [2.75, 3.05) is 0 Å². The van der Waals surface area contributed by atoms with Crippen molar-refractivity contribution >= 4 is 0 Å². The summed E-state index contributed by atoms with van der Waals surface area (Å²) < 4.78 is 6.50. The fourth-order valence-electron chi connectivity index (χ4n) is 3.26. The van der Waals surface area contributed by atoms with Crippen LogP contribution in [-0.4, -0.2) is 0 Å². The van der Waals surface area contributed by atoms with Crippen molar-refractivity contribution in [3.63, 3.8) is 0 Å². The summed E-state index contributed by atoms with van der Waals surface area (Å²) >= 11 is 0. The van der Waals surface area contributed by atoms with Crippen LogP contribution in [0.15, 0.2) is 42.5 Å². The maximum atomic E-state index is 6.50. The van der Waals surface area contributed by atoms with E-state index in [4.69, 9.17) is 4.74 Å². The zero-order valence-corrected chi connectivity index (χ0v) is 14.4. The predicted molar refractivity (Wildman–Crippen MR) is 92.6 cm³/mol. The maximum Gasteiger partial charge on any atom is 0.132 e. The first-order chi connectivity index (χ1) is 10.3. The summed E-state index contributed by atoms with van der Waals surface area (Å²) in [5.74, 6) is 1.09. The van der Waals surface area contributed by atoms with E-state index in [-0.39, 0.29) is 11.0 Å². The third-order valence-electron chi connectivity index (χ3n) is 4.80. The molecule has 2 aromatic rings. The molecule has 1 heteroatoms. The zero-order valence-electron chi connectivity index (χ0n) is 14.4. The van der Waals surface area contributed by atoms with Gasteiger partial charge < -0.3 is 4.74 Å². The normalized spacial score (nSPS) is 21.1. The maximum absolute atomic E-state index is 6.50. The average Bonchev–Trinajstić information content (AvgIpc) is 2.48. The molecule has 0 aromatic heterocycles. The average molecular weight is 294 g/mol. The molecule has 3 rings (SSSR count). The molecular formula is C21H26O. The smallest absolute Gasteiger partial charge is 0.132 e. The van der Waals surface area contributed by atoms with E-state index in [0.717, 1.165) is 18.6 Å². The summed E-state index contributed by atoms with van der Waals surface area (Å²) in [5.41, 5.74) is 5.24. The van der Waals surface area contributed by atoms with Crippen LogP contribution in [0, 0.1) is 6.92 Å². The number of rotatable bonds is 1. The molecule has 0 spiro atoms. The van der Waals surface area contributed by atoms with Crippen molar-refractivity contribution < 1.29 is 4.74 Å². The molecule has 1 nitrogen and oxygen atoms in total. The highest BCUT2D eigenvalue weighted by molar-refractivity contribution is 5.48. The zero-order chi connectivity index (χ0) is 16.0. The van der Waals surface area contributed by atoms with E-state index < -0.39 is 0 Å². The molecule has 0 saturated heterocycles. The fourth-order valence-corrected chi connectivity index (χ4v) is 3.26. The topological polar surface area (TPSA) is 9.23 Å². The molecule has 0 saturated carbocycles. The second-order valence-corrected chi connectivity index (χ2v) is 7.73. The largest absolute Gasteiger partial charge is 0.482 e. The van der Waals surface area contributed by atoms with Crippen molar-refractivity contribution in [1.82, 2.24) is 0 Å². The van der Waals surface area contributed by atoms with E-state index in [2.05, 4.69) is 77.1 Å². The van der Waals surface area contributed by atoms with E-state index in [1.165, 1.54) is 22.3 Å². The fraction of sp³-hybridized carbons (Fsp3) is 0.429. The lowest BCUT2D eigenvalue weighted by Gasteiger charge is -2.38. The standard InChI is InChI=1S/C21H26O/c1-15-13-18(20(2,3)4)14-16-11-12-21(5,22-19(15)16)17-9-7-6-8-10-17/h6-10,13-14H,11-12H2,1-5H3. The number of hydrogen-bond acceptors (Lipinski definition) is 1. The summed E-state index contributed by atoms with van der Waals surface area (Å²) in [5, 5.41) is 0. The second kappa shape index (κ2) is 5.15. The van der Waals surface area contributed by atoms with Gasteiger partial charge in [0.1, 0.15) is 11.4 Å². The highest BCUT2D eigenvalue weighted by atomic mass is 16.5. The van der Waals surface area contributed by atoms with Gasteiger partial charge in [0.2, 0.25) is 0 Å². The Hall–Kier alpha value is -1.76. The molecular weight excluding hydrogens is 268 g/mol. The van der Waals surface area contributed by atoms with E-state index in [1.807, 2.05) is 0 Å². The van der Waals surface area contributed by atoms with Crippen LogP contribution in [0.3, 0.4) is 0 Å². The highest BCUT2D eigenvalue weighted by Gasteiger charge is 2.34. The lowest BCUT2D eigenvalue weighted by molar-refractivity contribution is 0.0615. The molecule has 22 heavy (non-hydrogen) atoms. The Morgan fingerprint density at radius 2 is 1.73 bits per heavy atom. The van der Waals surface area contributed by atoms with Crippen LogP contribution >= 0.6 is 0 Å². The number of ether oxygens (including phenoxy) is 1. The summed E-state index contributed by atoms with van der Waals surface area (Å²) in [6, 6.07) is 15.2. The van der Waals surface area contributed by atoms with Gasteiger partial charge in [-0.05, 0) is 54.4 Å². The van der Waals surface area contributed by atoms with Gasteiger partial charge in [0.15, 0.2) is 0 Å². The number of aryl methyl sites for hydroxylation is 2. The third-order valence-corrected chi connectivity index (χ3v) is 4.80. The Morgan fingerprint density at radius 1 is 1.05 bits per heavy atom. The lowest BCUT2D eigenvalue weighted by Crippen LogP contribution is -2.34. The minimum absolute atomic E-state index is 0.181. The van der Waals surface area contributed by atoms with Crippen molar-refractivity contribution in [3.05, 3.63) is 64.7 Å². The Labute approximate surface area is 134 Å². The van der Waals surface area contributed by atoms with Gasteiger partial charge in [-0.2, -0.15) is 0 Å². The molecule has 0 radical (unpaired) electrons. The van der Waals surface area contributed by atoms with Crippen LogP contribution in [0.4, 0.5) is 0 Å². The van der Waals surface area contributed by atoms with Crippen molar-refractivity contribution in [2.45, 2.75) is 58.5 Å². The van der Waals surface area contributed by atoms with Crippen LogP contribution < -0.4 is 4.74 Å². The first kappa shape index (κ1) is 15.1. The molecule has 1 aliphatic heterocycles. The van der Waals surface area contributed by atoms with Crippen molar-refractivity contribution in [3.8, 4) is 5.75 Å². The van der Waals surface area contributed by atoms with Crippen LogP contribution in [0.5, 0.6) is 5.75 Å². The molecule has 116 valence electrons. The monoisotopic (exact) mass is 294 g/mol. The molecule has 0 amide bonds. The second-order valence-electron chi connectivity index (χ2n) is 7.73. The molecule has 0 N–H and O–H groups in total. The van der Waals surface area contributed by atoms with Crippen LogP contribution in [-0.2, 0) is 17.4 Å². The Kier molecular flexibility index (Phi) is 3.55. The van der Waals surface area contributed by atoms with Gasteiger partial charge in [0.05, 0.1) is 0 Å². The Morgan fingerprint density at radius 3 is 2.36 bits per heavy atom. The van der Waals surface area contributed by atoms with Gasteiger partial charge in [-0.15, -0.1) is 0 Å². The SMILES string of the molecule is Cc1cc(C(C)(C)C)cc2c1OC(C)(c1ccccc1)CC2. The minimum Gasteiger partial charge on any atom is -0.482 e. The van der Waals surface area contributed by atoms with Gasteiger partial charge in [0.25, 0.3) is 0 Å². The lowest BCUT2D eigenvalue weighted by atomic mass is 9.81. The van der Waals surface area contributed by atoms with Crippen molar-refractivity contribution in [2.24, 2.45) is 0 Å². The number of fused-ring (bicyclic) bond motifs is 1. The van der Waals surface area contributed by atoms with Crippen molar-refractivity contribution in [1.29, 1.82) is 0 Å². The summed E-state index contributed by atoms with van der Waals surface area (Å²) in [4.78, 5) is 0. The first-order valence-electron chi connectivity index (χ1n) is 8.18. The van der Waals surface area contributed by atoms with E-state index in [0.29, 0.717) is 0 Å². The molecule has 1 aliphatic rings. The minimum atomic E-state index is -0.220. The molecule has 1 atom stereocenters. The van der Waals surface area contributed by atoms with E-state index in [9.17, 15) is 0 Å². The molecule has 0 fully saturated rings. The summed E-state index contributed by atoms with van der Waals surface area (Å²) in [7, 11) is 0. The first-order valence-corrected chi connectivity index (χ1v) is 8.18. The number of hydrogen-bond donors (Lipinski definition) is 0. The van der Waals surface area contributed by atoms with Gasteiger partial charge >= 0.3 is 0 Å². The molecule has 0 aliphatic carbocycles. The Balaban J connectivity index is 2.01. The third kappa shape index (κ3) is 2.65. The van der Waals surface area contributed by atoms with Gasteiger partial charge in [0, 0.05) is 0 Å². The summed E-state index contributed by atoms with van der Waals surface area (Å²) in [6.45, 7) is 11.2. The highest BCUT2D eigenvalue weighted by Crippen LogP contribution is 2.42. The summed E-state index contributed by atoms with van der Waals surface area (Å²) in [6.07, 6.45) is 2.10. The molecule has 1 unspecified atom stereocenters. The van der Waals surface area contributed by atoms with E-state index in [1.54, 1.807) is 0 Å². The molecule has 1 heterocycles. The number of benzene rings is 2. The van der Waals surface area contributed by atoms with Crippen LogP contribution in [0.1, 0.15) is 56.4 Å². The molecule has 2 aromatic carbocycles. The van der Waals surface area contributed by atoms with Crippen LogP contribution in [0.2, 0.25) is 0 Å². The van der Waals surface area contributed by atoms with Gasteiger partial charge in [-0.25, -0.2) is 0 Å². The Bertz CT molecular complexity index is 679. The van der Waals surface area contributed by atoms with Gasteiger partial charge in [-0.1, -0.05) is 63.2 Å². The van der Waals surface area contributed by atoms with E-state index >= 15 is 0 Å². The quantitative estimate of drug-likeness (QED) is 0.671. The molecule has 0 bridgehead atoms.